The molecule has 0 heterocycles. The van der Waals surface area contributed by atoms with Crippen LogP contribution in [0.15, 0.2) is 54.6 Å². The van der Waals surface area contributed by atoms with Gasteiger partial charge in [-0.25, -0.2) is 0 Å². The minimum Gasteiger partial charge on any atom is -0.494 e. The van der Waals surface area contributed by atoms with Crippen LogP contribution in [0, 0.1) is 5.41 Å². The van der Waals surface area contributed by atoms with Gasteiger partial charge in [0.2, 0.25) is 0 Å². The summed E-state index contributed by atoms with van der Waals surface area (Å²) in [5, 5.41) is 3.47. The van der Waals surface area contributed by atoms with Crippen molar-refractivity contribution in [2.45, 2.75) is 66.2 Å². The number of ether oxygens (including phenoxy) is 1. The lowest BCUT2D eigenvalue weighted by Crippen LogP contribution is -2.17. The second kappa shape index (κ2) is 14.2. The Hall–Kier alpha value is -1.80. The molecule has 1 aromatic carbocycles. The Morgan fingerprint density at radius 3 is 2.46 bits per heavy atom. The van der Waals surface area contributed by atoms with Crippen LogP contribution in [0.5, 0.6) is 5.75 Å². The van der Waals surface area contributed by atoms with Crippen LogP contribution in [-0.4, -0.2) is 19.7 Å². The van der Waals surface area contributed by atoms with Gasteiger partial charge in [0.25, 0.3) is 0 Å². The summed E-state index contributed by atoms with van der Waals surface area (Å²) in [6.07, 6.45) is 15.7. The first-order valence-electron chi connectivity index (χ1n) is 10.9. The van der Waals surface area contributed by atoms with Crippen molar-refractivity contribution in [3.05, 3.63) is 60.2 Å². The largest absolute Gasteiger partial charge is 0.494 e. The zero-order valence-corrected chi connectivity index (χ0v) is 18.6. The van der Waals surface area contributed by atoms with Crippen molar-refractivity contribution in [1.29, 1.82) is 0 Å². The maximum Gasteiger partial charge on any atom is 0.119 e. The molecule has 2 nitrogen and oxygen atoms in total. The molecular formula is C26H41NO. The number of rotatable bonds is 15. The van der Waals surface area contributed by atoms with E-state index in [4.69, 9.17) is 4.74 Å². The third kappa shape index (κ3) is 11.1. The van der Waals surface area contributed by atoms with E-state index in [0.29, 0.717) is 0 Å². The molecule has 0 spiro atoms. The minimum absolute atomic E-state index is 0.0201. The summed E-state index contributed by atoms with van der Waals surface area (Å²) >= 11 is 0. The quantitative estimate of drug-likeness (QED) is 0.256. The second-order valence-corrected chi connectivity index (χ2v) is 8.09. The fourth-order valence-electron chi connectivity index (χ4n) is 2.86. The van der Waals surface area contributed by atoms with Gasteiger partial charge in [-0.05, 0) is 76.7 Å². The lowest BCUT2D eigenvalue weighted by atomic mass is 9.84. The molecule has 0 aliphatic carbocycles. The molecule has 156 valence electrons. The third-order valence-electron chi connectivity index (χ3n) is 4.96. The molecule has 1 N–H and O–H groups in total. The van der Waals surface area contributed by atoms with Gasteiger partial charge in [0.05, 0.1) is 6.61 Å². The molecule has 2 heteroatoms. The van der Waals surface area contributed by atoms with E-state index in [-0.39, 0.29) is 5.41 Å². The van der Waals surface area contributed by atoms with Crippen LogP contribution in [0.4, 0.5) is 0 Å². The van der Waals surface area contributed by atoms with Gasteiger partial charge in [0.15, 0.2) is 0 Å². The zero-order chi connectivity index (χ0) is 20.7. The summed E-state index contributed by atoms with van der Waals surface area (Å²) in [5.74, 6) is 0.950. The Balaban J connectivity index is 2.37. The van der Waals surface area contributed by atoms with Gasteiger partial charge in [0.1, 0.15) is 5.75 Å². The van der Waals surface area contributed by atoms with E-state index in [2.05, 4.69) is 88.2 Å². The molecule has 0 aromatic heterocycles. The molecule has 28 heavy (non-hydrogen) atoms. The van der Waals surface area contributed by atoms with Crippen molar-refractivity contribution >= 4 is 6.08 Å². The first-order valence-corrected chi connectivity index (χ1v) is 10.9. The van der Waals surface area contributed by atoms with E-state index in [0.717, 1.165) is 51.1 Å². The number of allylic oxidation sites excluding steroid dienone is 4. The van der Waals surface area contributed by atoms with Gasteiger partial charge in [-0.3, -0.25) is 0 Å². The van der Waals surface area contributed by atoms with Crippen molar-refractivity contribution in [2.24, 2.45) is 5.41 Å². The maximum absolute atomic E-state index is 5.86. The van der Waals surface area contributed by atoms with E-state index < -0.39 is 0 Å². The lowest BCUT2D eigenvalue weighted by molar-refractivity contribution is 0.306. The Kier molecular flexibility index (Phi) is 12.3. The topological polar surface area (TPSA) is 21.3 Å². The molecule has 0 bridgehead atoms. The molecule has 0 aliphatic heterocycles. The molecule has 1 aromatic rings. The Morgan fingerprint density at radius 1 is 1.11 bits per heavy atom. The smallest absolute Gasteiger partial charge is 0.119 e. The highest BCUT2D eigenvalue weighted by Gasteiger charge is 2.14. The van der Waals surface area contributed by atoms with Gasteiger partial charge in [-0.15, -0.1) is 6.58 Å². The summed E-state index contributed by atoms with van der Waals surface area (Å²) in [6, 6.07) is 8.37. The highest BCUT2D eigenvalue weighted by molar-refractivity contribution is 5.52. The van der Waals surface area contributed by atoms with Gasteiger partial charge < -0.3 is 10.1 Å². The van der Waals surface area contributed by atoms with Crippen molar-refractivity contribution in [1.82, 2.24) is 5.32 Å². The van der Waals surface area contributed by atoms with E-state index in [1.165, 1.54) is 24.0 Å². The van der Waals surface area contributed by atoms with Crippen LogP contribution in [0.25, 0.3) is 6.08 Å². The van der Waals surface area contributed by atoms with Gasteiger partial charge in [-0.2, -0.15) is 0 Å². The van der Waals surface area contributed by atoms with E-state index in [1.807, 2.05) is 0 Å². The first kappa shape index (κ1) is 24.2. The van der Waals surface area contributed by atoms with Crippen molar-refractivity contribution in [3.8, 4) is 5.75 Å². The highest BCUT2D eigenvalue weighted by Crippen LogP contribution is 2.28. The van der Waals surface area contributed by atoms with Crippen molar-refractivity contribution in [3.63, 3.8) is 0 Å². The van der Waals surface area contributed by atoms with Crippen LogP contribution in [-0.2, 0) is 0 Å². The molecule has 0 amide bonds. The normalized spacial score (nSPS) is 13.3. The van der Waals surface area contributed by atoms with Crippen LogP contribution >= 0.6 is 0 Å². The molecule has 0 aliphatic rings. The molecule has 1 rings (SSSR count). The monoisotopic (exact) mass is 383 g/mol. The van der Waals surface area contributed by atoms with Gasteiger partial charge in [-0.1, -0.05) is 62.3 Å². The standard InChI is InChI=1S/C26H41NO/c1-6-8-20-27-21-9-10-22-28-25-15-13-24(14-16-25)17-19-26(5,7-2)18-11-12-23(3)4/h7,12-17,19,27H,2,6,8-11,18,20-22H2,1,3-5H3/b19-17+. The minimum atomic E-state index is 0.0201. The number of benzene rings is 1. The van der Waals surface area contributed by atoms with Crippen LogP contribution in [0.3, 0.4) is 0 Å². The molecule has 1 unspecified atom stereocenters. The molecule has 1 atom stereocenters. The predicted octanol–water partition coefficient (Wildman–Crippen LogP) is 7.19. The lowest BCUT2D eigenvalue weighted by Gasteiger charge is -2.20. The van der Waals surface area contributed by atoms with Crippen LogP contribution in [0.2, 0.25) is 0 Å². The number of unbranched alkanes of at least 4 members (excludes halogenated alkanes) is 2. The van der Waals surface area contributed by atoms with E-state index >= 15 is 0 Å². The summed E-state index contributed by atoms with van der Waals surface area (Å²) in [5.41, 5.74) is 2.59. The Labute approximate surface area is 173 Å². The third-order valence-corrected chi connectivity index (χ3v) is 4.96. The fourth-order valence-corrected chi connectivity index (χ4v) is 2.86. The van der Waals surface area contributed by atoms with Crippen LogP contribution < -0.4 is 10.1 Å². The fraction of sp³-hybridized carbons (Fsp3) is 0.538. The van der Waals surface area contributed by atoms with E-state index in [9.17, 15) is 0 Å². The Bertz CT molecular complexity index is 595. The van der Waals surface area contributed by atoms with Crippen molar-refractivity contribution in [2.75, 3.05) is 19.7 Å². The van der Waals surface area contributed by atoms with Gasteiger partial charge in [0, 0.05) is 5.41 Å². The zero-order valence-electron chi connectivity index (χ0n) is 18.6. The maximum atomic E-state index is 5.86. The highest BCUT2D eigenvalue weighted by atomic mass is 16.5. The molecule has 0 fully saturated rings. The summed E-state index contributed by atoms with van der Waals surface area (Å²) in [6.45, 7) is 15.8. The molecule has 0 radical (unpaired) electrons. The number of hydrogen-bond donors (Lipinski definition) is 1. The molecule has 0 saturated heterocycles. The van der Waals surface area contributed by atoms with E-state index in [1.54, 1.807) is 0 Å². The van der Waals surface area contributed by atoms with Gasteiger partial charge >= 0.3 is 0 Å². The first-order chi connectivity index (χ1) is 13.5. The number of hydrogen-bond acceptors (Lipinski definition) is 2. The summed E-state index contributed by atoms with van der Waals surface area (Å²) < 4.78 is 5.86. The average Bonchev–Trinajstić information content (AvgIpc) is 2.69. The van der Waals surface area contributed by atoms with Crippen molar-refractivity contribution < 1.29 is 4.74 Å². The number of nitrogens with one attached hydrogen (secondary N) is 1. The average molecular weight is 384 g/mol. The second-order valence-electron chi connectivity index (χ2n) is 8.09. The Morgan fingerprint density at radius 2 is 1.82 bits per heavy atom. The van der Waals surface area contributed by atoms with Crippen LogP contribution in [0.1, 0.15) is 71.8 Å². The molecular weight excluding hydrogens is 342 g/mol. The molecule has 0 saturated carbocycles. The predicted molar refractivity (Wildman–Crippen MR) is 125 cm³/mol. The summed E-state index contributed by atoms with van der Waals surface area (Å²) in [7, 11) is 0. The SMILES string of the molecule is C=CC(C)(/C=C/c1ccc(OCCCCNCCCC)cc1)CCC=C(C)C. The summed E-state index contributed by atoms with van der Waals surface area (Å²) in [4.78, 5) is 0.